The van der Waals surface area contributed by atoms with E-state index in [0.29, 0.717) is 12.3 Å². The summed E-state index contributed by atoms with van der Waals surface area (Å²) in [6.45, 7) is 5.64. The minimum absolute atomic E-state index is 0.0671. The largest absolute Gasteiger partial charge is 0.247 e. The van der Waals surface area contributed by atoms with Gasteiger partial charge in [-0.15, -0.1) is 22.9 Å². The summed E-state index contributed by atoms with van der Waals surface area (Å²) in [6.07, 6.45) is 0.463. The zero-order chi connectivity index (χ0) is 13.1. The van der Waals surface area contributed by atoms with E-state index in [1.165, 1.54) is 11.3 Å². The van der Waals surface area contributed by atoms with E-state index in [1.807, 2.05) is 20.8 Å². The van der Waals surface area contributed by atoms with Crippen molar-refractivity contribution in [2.75, 3.05) is 11.6 Å². The second kappa shape index (κ2) is 6.13. The van der Waals surface area contributed by atoms with Crippen LogP contribution < -0.4 is 4.72 Å². The fraction of sp³-hybridized carbons (Fsp3) is 0.700. The molecule has 7 heteroatoms. The van der Waals surface area contributed by atoms with Crippen LogP contribution in [0.3, 0.4) is 0 Å². The first-order valence-corrected chi connectivity index (χ1v) is 8.36. The van der Waals surface area contributed by atoms with Crippen molar-refractivity contribution in [2.45, 2.75) is 33.2 Å². The molecule has 0 fully saturated rings. The summed E-state index contributed by atoms with van der Waals surface area (Å²) in [5, 5.41) is 0.948. The normalized spacial score (nSPS) is 13.9. The highest BCUT2D eigenvalue weighted by molar-refractivity contribution is 7.89. The maximum absolute atomic E-state index is 11.7. The SMILES string of the molecule is Cc1nc(C)c(C(C)NS(=O)(=O)CCCCl)s1. The molecule has 0 saturated heterocycles. The number of aromatic nitrogens is 1. The zero-order valence-corrected chi connectivity index (χ0v) is 12.5. The molecule has 1 N–H and O–H groups in total. The van der Waals surface area contributed by atoms with Gasteiger partial charge in [-0.05, 0) is 27.2 Å². The molecule has 1 aromatic heterocycles. The molecule has 1 heterocycles. The van der Waals surface area contributed by atoms with E-state index in [4.69, 9.17) is 11.6 Å². The Balaban J connectivity index is 2.72. The van der Waals surface area contributed by atoms with Gasteiger partial charge in [-0.25, -0.2) is 18.1 Å². The number of aryl methyl sites for hydroxylation is 2. The van der Waals surface area contributed by atoms with Crippen molar-refractivity contribution in [1.29, 1.82) is 0 Å². The third-order valence-corrected chi connectivity index (χ3v) is 5.30. The Morgan fingerprint density at radius 3 is 2.59 bits per heavy atom. The Kier molecular flexibility index (Phi) is 5.37. The van der Waals surface area contributed by atoms with Crippen LogP contribution in [0.15, 0.2) is 0 Å². The van der Waals surface area contributed by atoms with Crippen molar-refractivity contribution in [3.8, 4) is 0 Å². The second-order valence-corrected chi connectivity index (χ2v) is 7.37. The predicted octanol–water partition coefficient (Wildman–Crippen LogP) is 2.37. The number of thiazole rings is 1. The molecule has 1 unspecified atom stereocenters. The van der Waals surface area contributed by atoms with Crippen LogP contribution in [0.25, 0.3) is 0 Å². The monoisotopic (exact) mass is 296 g/mol. The molecule has 0 bridgehead atoms. The first kappa shape index (κ1) is 14.9. The quantitative estimate of drug-likeness (QED) is 0.820. The van der Waals surface area contributed by atoms with Crippen LogP contribution in [-0.2, 0) is 10.0 Å². The predicted molar refractivity (Wildman–Crippen MR) is 72.3 cm³/mol. The van der Waals surface area contributed by atoms with Crippen LogP contribution >= 0.6 is 22.9 Å². The van der Waals surface area contributed by atoms with Gasteiger partial charge in [0.1, 0.15) is 0 Å². The Bertz CT molecular complexity index is 471. The van der Waals surface area contributed by atoms with E-state index < -0.39 is 10.0 Å². The van der Waals surface area contributed by atoms with Crippen molar-refractivity contribution >= 4 is 33.0 Å². The van der Waals surface area contributed by atoms with Gasteiger partial charge >= 0.3 is 0 Å². The van der Waals surface area contributed by atoms with E-state index in [-0.39, 0.29) is 11.8 Å². The standard InChI is InChI=1S/C10H17ClN2O2S2/c1-7-10(16-9(3)12-7)8(2)13-17(14,15)6-4-5-11/h8,13H,4-6H2,1-3H3. The lowest BCUT2D eigenvalue weighted by molar-refractivity contribution is 0.567. The number of sulfonamides is 1. The van der Waals surface area contributed by atoms with Gasteiger partial charge in [0.2, 0.25) is 10.0 Å². The van der Waals surface area contributed by atoms with Crippen molar-refractivity contribution in [3.63, 3.8) is 0 Å². The molecule has 98 valence electrons. The van der Waals surface area contributed by atoms with Crippen molar-refractivity contribution in [2.24, 2.45) is 0 Å². The maximum atomic E-state index is 11.7. The number of rotatable bonds is 6. The molecule has 0 amide bonds. The Morgan fingerprint density at radius 1 is 1.47 bits per heavy atom. The Hall–Kier alpha value is -0.170. The molecule has 0 saturated carbocycles. The molecular formula is C10H17ClN2O2S2. The van der Waals surface area contributed by atoms with E-state index in [9.17, 15) is 8.42 Å². The number of hydrogen-bond donors (Lipinski definition) is 1. The van der Waals surface area contributed by atoms with Crippen LogP contribution in [0.2, 0.25) is 0 Å². The lowest BCUT2D eigenvalue weighted by atomic mass is 10.2. The summed E-state index contributed by atoms with van der Waals surface area (Å²) in [7, 11) is -3.25. The highest BCUT2D eigenvalue weighted by Gasteiger charge is 2.19. The number of nitrogens with zero attached hydrogens (tertiary/aromatic N) is 1. The fourth-order valence-corrected chi connectivity index (χ4v) is 4.17. The molecule has 0 radical (unpaired) electrons. The fourth-order valence-electron chi connectivity index (χ4n) is 1.58. The summed E-state index contributed by atoms with van der Waals surface area (Å²) >= 11 is 7.01. The summed E-state index contributed by atoms with van der Waals surface area (Å²) in [4.78, 5) is 5.26. The zero-order valence-electron chi connectivity index (χ0n) is 10.2. The van der Waals surface area contributed by atoms with Crippen LogP contribution in [0, 0.1) is 13.8 Å². The Labute approximate surface area is 111 Å². The third kappa shape index (κ3) is 4.54. The van der Waals surface area contributed by atoms with Gasteiger partial charge in [-0.1, -0.05) is 0 Å². The van der Waals surface area contributed by atoms with E-state index >= 15 is 0 Å². The summed E-state index contributed by atoms with van der Waals surface area (Å²) in [6, 6.07) is -0.235. The molecule has 17 heavy (non-hydrogen) atoms. The highest BCUT2D eigenvalue weighted by atomic mass is 35.5. The molecule has 0 aliphatic rings. The van der Waals surface area contributed by atoms with E-state index in [1.54, 1.807) is 0 Å². The average molecular weight is 297 g/mol. The minimum atomic E-state index is -3.25. The van der Waals surface area contributed by atoms with E-state index in [0.717, 1.165) is 15.6 Å². The maximum Gasteiger partial charge on any atom is 0.212 e. The van der Waals surface area contributed by atoms with Gasteiger partial charge in [0.05, 0.1) is 22.5 Å². The van der Waals surface area contributed by atoms with Gasteiger partial charge in [0.15, 0.2) is 0 Å². The van der Waals surface area contributed by atoms with Crippen molar-refractivity contribution < 1.29 is 8.42 Å². The second-order valence-electron chi connectivity index (χ2n) is 3.88. The summed E-state index contributed by atoms with van der Waals surface area (Å²) < 4.78 is 26.1. The molecule has 0 spiro atoms. The molecular weight excluding hydrogens is 280 g/mol. The number of nitrogens with one attached hydrogen (secondary N) is 1. The van der Waals surface area contributed by atoms with Gasteiger partial charge in [-0.3, -0.25) is 0 Å². The molecule has 0 aliphatic carbocycles. The lowest BCUT2D eigenvalue weighted by Gasteiger charge is -2.12. The van der Waals surface area contributed by atoms with Gasteiger partial charge in [-0.2, -0.15) is 0 Å². The van der Waals surface area contributed by atoms with Crippen molar-refractivity contribution in [3.05, 3.63) is 15.6 Å². The van der Waals surface area contributed by atoms with E-state index in [2.05, 4.69) is 9.71 Å². The number of alkyl halides is 1. The van der Waals surface area contributed by atoms with Crippen LogP contribution in [0.4, 0.5) is 0 Å². The molecule has 1 atom stereocenters. The van der Waals surface area contributed by atoms with Crippen molar-refractivity contribution in [1.82, 2.24) is 9.71 Å². The molecule has 1 rings (SSSR count). The molecule has 1 aromatic rings. The smallest absolute Gasteiger partial charge is 0.212 e. The van der Waals surface area contributed by atoms with Crippen LogP contribution in [-0.4, -0.2) is 25.0 Å². The number of halogens is 1. The topological polar surface area (TPSA) is 59.1 Å². The Morgan fingerprint density at radius 2 is 2.12 bits per heavy atom. The highest BCUT2D eigenvalue weighted by Crippen LogP contribution is 2.24. The van der Waals surface area contributed by atoms with Gasteiger partial charge in [0.25, 0.3) is 0 Å². The summed E-state index contributed by atoms with van der Waals surface area (Å²) in [5.41, 5.74) is 0.889. The minimum Gasteiger partial charge on any atom is -0.247 e. The average Bonchev–Trinajstić information content (AvgIpc) is 2.54. The van der Waals surface area contributed by atoms with Gasteiger partial charge in [0, 0.05) is 10.8 Å². The number of hydrogen-bond acceptors (Lipinski definition) is 4. The lowest BCUT2D eigenvalue weighted by Crippen LogP contribution is -2.29. The van der Waals surface area contributed by atoms with Crippen LogP contribution in [0.5, 0.6) is 0 Å². The molecule has 0 aromatic carbocycles. The first-order valence-electron chi connectivity index (χ1n) is 5.35. The summed E-state index contributed by atoms with van der Waals surface area (Å²) in [5.74, 6) is 0.422. The van der Waals surface area contributed by atoms with Gasteiger partial charge < -0.3 is 0 Å². The molecule has 4 nitrogen and oxygen atoms in total. The van der Waals surface area contributed by atoms with Crippen LogP contribution in [0.1, 0.15) is 35.0 Å². The third-order valence-electron chi connectivity index (χ3n) is 2.24. The molecule has 0 aliphatic heterocycles. The first-order chi connectivity index (χ1) is 7.85.